The van der Waals surface area contributed by atoms with Crippen molar-refractivity contribution < 1.29 is 38.4 Å². The molecule has 0 fully saturated rings. The van der Waals surface area contributed by atoms with E-state index in [4.69, 9.17) is 0 Å². The standard InChI is InChI=1S/C11H20O2.2C8H14O2.C7H12O2.3CH4/c1-10(2,3)8(12)7-9(13)11(4,5)6;1-6(9)5-7(10)8(2,3)4;1-6(2)4-8(10)5-7(3)9;1-5(2)7(9)4-6(3)8;;;/h7H2,1-6H3;5H2,1-4H3;6H,4-5H2,1-3H3;5H,4H2,1-3H3;3*1H4. The van der Waals surface area contributed by atoms with Gasteiger partial charge in [0.25, 0.3) is 0 Å². The lowest BCUT2D eigenvalue weighted by atomic mass is 9.82. The molecule has 8 heteroatoms. The lowest BCUT2D eigenvalue weighted by Crippen LogP contribution is -2.28. The molecule has 0 atom stereocenters. The molecule has 0 aromatic heterocycles. The highest BCUT2D eigenvalue weighted by molar-refractivity contribution is 6.03. The molecule has 8 nitrogen and oxygen atoms in total. The van der Waals surface area contributed by atoms with Crippen LogP contribution >= 0.6 is 0 Å². The predicted molar refractivity (Wildman–Crippen MR) is 188 cm³/mol. The SMILES string of the molecule is C.C.C.CC(=O)CC(=O)C(C)(C)C.CC(=O)CC(=O)C(C)C.CC(=O)CC(=O)CC(C)C.CC(C)(C)C(=O)CC(=O)C(C)(C)C. The summed E-state index contributed by atoms with van der Waals surface area (Å²) in [7, 11) is 0. The fourth-order valence-corrected chi connectivity index (χ4v) is 2.42. The number of rotatable bonds is 11. The molecule has 45 heavy (non-hydrogen) atoms. The van der Waals surface area contributed by atoms with E-state index in [-0.39, 0.29) is 106 Å². The Balaban J connectivity index is -0.0000000845. The van der Waals surface area contributed by atoms with E-state index in [1.807, 2.05) is 76.2 Å². The summed E-state index contributed by atoms with van der Waals surface area (Å²) in [5, 5.41) is 0. The van der Waals surface area contributed by atoms with Gasteiger partial charge < -0.3 is 0 Å². The molecule has 0 saturated heterocycles. The summed E-state index contributed by atoms with van der Waals surface area (Å²) in [6, 6.07) is 0. The molecule has 0 aliphatic rings. The van der Waals surface area contributed by atoms with Crippen LogP contribution < -0.4 is 0 Å². The van der Waals surface area contributed by atoms with Gasteiger partial charge in [0.15, 0.2) is 0 Å². The first kappa shape index (κ1) is 58.0. The maximum absolute atomic E-state index is 11.5. The van der Waals surface area contributed by atoms with E-state index in [1.54, 1.807) is 13.8 Å². The van der Waals surface area contributed by atoms with Crippen molar-refractivity contribution in [3.8, 4) is 0 Å². The van der Waals surface area contributed by atoms with Crippen LogP contribution in [-0.2, 0) is 38.4 Å². The third-order valence-electron chi connectivity index (χ3n) is 5.39. The third-order valence-corrected chi connectivity index (χ3v) is 5.39. The van der Waals surface area contributed by atoms with Crippen LogP contribution in [-0.4, -0.2) is 46.3 Å². The molecule has 0 amide bonds. The second-order valence-electron chi connectivity index (χ2n) is 14.6. The average Bonchev–Trinajstić information content (AvgIpc) is 2.70. The van der Waals surface area contributed by atoms with E-state index in [9.17, 15) is 38.4 Å². The van der Waals surface area contributed by atoms with E-state index in [2.05, 4.69) is 0 Å². The maximum atomic E-state index is 11.5. The summed E-state index contributed by atoms with van der Waals surface area (Å²) in [6.45, 7) is 28.3. The first-order valence-electron chi connectivity index (χ1n) is 14.6. The summed E-state index contributed by atoms with van der Waals surface area (Å²) in [5.41, 5.74) is -1.17. The molecule has 0 rings (SSSR count). The summed E-state index contributed by atoms with van der Waals surface area (Å²) >= 11 is 0. The van der Waals surface area contributed by atoms with Crippen molar-refractivity contribution in [1.29, 1.82) is 0 Å². The molecular formula is C37H72O8. The molecule has 268 valence electrons. The van der Waals surface area contributed by atoms with Gasteiger partial charge in [-0.2, -0.15) is 0 Å². The summed E-state index contributed by atoms with van der Waals surface area (Å²) in [5.74, 6) is 0.366. The largest absolute Gasteiger partial charge is 0.300 e. The van der Waals surface area contributed by atoms with E-state index in [0.717, 1.165) is 0 Å². The predicted octanol–water partition coefficient (Wildman–Crippen LogP) is 8.87. The molecule has 0 aromatic carbocycles. The highest BCUT2D eigenvalue weighted by Gasteiger charge is 2.29. The van der Waals surface area contributed by atoms with E-state index < -0.39 is 10.8 Å². The van der Waals surface area contributed by atoms with Crippen LogP contribution in [0.15, 0.2) is 0 Å². The molecule has 0 aliphatic carbocycles. The lowest BCUT2D eigenvalue weighted by Gasteiger charge is -2.20. The average molecular weight is 645 g/mol. The highest BCUT2D eigenvalue weighted by Crippen LogP contribution is 2.22. The van der Waals surface area contributed by atoms with Crippen LogP contribution in [0.3, 0.4) is 0 Å². The minimum atomic E-state index is -0.402. The van der Waals surface area contributed by atoms with Crippen molar-refractivity contribution in [3.05, 3.63) is 0 Å². The second-order valence-corrected chi connectivity index (χ2v) is 14.6. The van der Waals surface area contributed by atoms with Gasteiger partial charge in [0.2, 0.25) is 0 Å². The summed E-state index contributed by atoms with van der Waals surface area (Å²) in [4.78, 5) is 86.9. The molecule has 0 bridgehead atoms. The van der Waals surface area contributed by atoms with Crippen LogP contribution in [0.1, 0.15) is 165 Å². The van der Waals surface area contributed by atoms with Gasteiger partial charge in [-0.1, -0.05) is 112 Å². The zero-order valence-corrected chi connectivity index (χ0v) is 29.5. The van der Waals surface area contributed by atoms with E-state index >= 15 is 0 Å². The van der Waals surface area contributed by atoms with Crippen LogP contribution in [0.2, 0.25) is 0 Å². The Morgan fingerprint density at radius 2 is 0.711 bits per heavy atom. The summed E-state index contributed by atoms with van der Waals surface area (Å²) < 4.78 is 0. The molecule has 0 heterocycles. The first-order valence-corrected chi connectivity index (χ1v) is 14.6. The van der Waals surface area contributed by atoms with Crippen LogP contribution in [0, 0.1) is 28.1 Å². The quantitative estimate of drug-likeness (QED) is 0.203. The summed E-state index contributed by atoms with van der Waals surface area (Å²) in [6.07, 6.45) is 0.867. The van der Waals surface area contributed by atoms with Gasteiger partial charge in [0.1, 0.15) is 46.3 Å². The van der Waals surface area contributed by atoms with Gasteiger partial charge in [-0.15, -0.1) is 0 Å². The van der Waals surface area contributed by atoms with Crippen molar-refractivity contribution >= 4 is 46.3 Å². The van der Waals surface area contributed by atoms with E-state index in [1.165, 1.54) is 20.8 Å². The number of ketones is 8. The smallest absolute Gasteiger partial charge is 0.145 e. The lowest BCUT2D eigenvalue weighted by molar-refractivity contribution is -0.135. The molecule has 0 aromatic rings. The van der Waals surface area contributed by atoms with Crippen molar-refractivity contribution in [1.82, 2.24) is 0 Å². The highest BCUT2D eigenvalue weighted by atomic mass is 16.2. The zero-order valence-electron chi connectivity index (χ0n) is 29.5. The fourth-order valence-electron chi connectivity index (χ4n) is 2.42. The minimum absolute atomic E-state index is 0. The number of hydrogen-bond donors (Lipinski definition) is 0. The number of carbonyl (C=O) groups excluding carboxylic acids is 8. The van der Waals surface area contributed by atoms with Gasteiger partial charge >= 0.3 is 0 Å². The van der Waals surface area contributed by atoms with Crippen molar-refractivity contribution in [2.75, 3.05) is 0 Å². The fraction of sp³-hybridized carbons (Fsp3) is 0.784. The van der Waals surface area contributed by atoms with Crippen LogP contribution in [0.25, 0.3) is 0 Å². The second kappa shape index (κ2) is 26.6. The number of carbonyl (C=O) groups is 8. The molecular weight excluding hydrogens is 572 g/mol. The minimum Gasteiger partial charge on any atom is -0.300 e. The van der Waals surface area contributed by atoms with Gasteiger partial charge in [0, 0.05) is 28.6 Å². The van der Waals surface area contributed by atoms with E-state index in [0.29, 0.717) is 12.3 Å². The van der Waals surface area contributed by atoms with Crippen LogP contribution in [0.5, 0.6) is 0 Å². The molecule has 0 saturated carbocycles. The Morgan fingerprint density at radius 1 is 0.444 bits per heavy atom. The molecule has 0 radical (unpaired) electrons. The zero-order chi connectivity index (χ0) is 34.8. The van der Waals surface area contributed by atoms with Crippen molar-refractivity contribution in [2.24, 2.45) is 28.1 Å². The third kappa shape index (κ3) is 41.4. The molecule has 0 N–H and O–H groups in total. The molecule has 0 unspecified atom stereocenters. The molecule has 0 spiro atoms. The topological polar surface area (TPSA) is 137 Å². The van der Waals surface area contributed by atoms with Gasteiger partial charge in [-0.05, 0) is 26.7 Å². The monoisotopic (exact) mass is 645 g/mol. The normalized spacial score (nSPS) is 10.4. The molecule has 0 aliphatic heterocycles. The Hall–Kier alpha value is -2.64. The Morgan fingerprint density at radius 3 is 0.867 bits per heavy atom. The van der Waals surface area contributed by atoms with Crippen LogP contribution in [0.4, 0.5) is 0 Å². The Bertz CT molecular complexity index is 907. The Kier molecular flexibility index (Phi) is 34.2. The van der Waals surface area contributed by atoms with Gasteiger partial charge in [-0.3, -0.25) is 38.4 Å². The van der Waals surface area contributed by atoms with Crippen molar-refractivity contribution in [3.63, 3.8) is 0 Å². The number of hydrogen-bond acceptors (Lipinski definition) is 8. The Labute approximate surface area is 277 Å². The van der Waals surface area contributed by atoms with Gasteiger partial charge in [-0.25, -0.2) is 0 Å². The van der Waals surface area contributed by atoms with Crippen molar-refractivity contribution in [2.45, 2.75) is 165 Å². The first-order chi connectivity index (χ1) is 18.4. The van der Waals surface area contributed by atoms with Gasteiger partial charge in [0.05, 0.1) is 25.7 Å². The maximum Gasteiger partial charge on any atom is 0.145 e. The number of Topliss-reactive ketones (excluding diaryl/α,β-unsaturated/α-hetero) is 8.